The number of rotatable bonds is 2. The fraction of sp³-hybridized carbons (Fsp3) is 0.0909. The molecule has 71 valence electrons. The molecule has 14 heavy (non-hydrogen) atoms. The van der Waals surface area contributed by atoms with Crippen LogP contribution in [0.15, 0.2) is 29.8 Å². The highest BCUT2D eigenvalue weighted by Crippen LogP contribution is 2.27. The van der Waals surface area contributed by atoms with Gasteiger partial charge >= 0.3 is 0 Å². The molecule has 1 radical (unpaired) electrons. The lowest BCUT2D eigenvalue weighted by Crippen LogP contribution is -1.95. The zero-order valence-electron chi connectivity index (χ0n) is 7.73. The van der Waals surface area contributed by atoms with Gasteiger partial charge in [0.25, 0.3) is 0 Å². The number of benzene rings is 1. The average Bonchev–Trinajstić information content (AvgIpc) is 2.65. The molecule has 0 spiro atoms. The van der Waals surface area contributed by atoms with Crippen LogP contribution in [0.1, 0.15) is 11.3 Å². The van der Waals surface area contributed by atoms with E-state index in [4.69, 9.17) is 5.73 Å². The zero-order chi connectivity index (χ0) is 9.97. The molecule has 1 heterocycles. The number of nitrogens with two attached hydrogens (primary N) is 1. The Kier molecular flexibility index (Phi) is 2.61. The Balaban J connectivity index is 2.47. The van der Waals surface area contributed by atoms with E-state index in [-0.39, 0.29) is 0 Å². The van der Waals surface area contributed by atoms with E-state index >= 15 is 0 Å². The van der Waals surface area contributed by atoms with Gasteiger partial charge in [0.15, 0.2) is 0 Å². The van der Waals surface area contributed by atoms with Crippen LogP contribution in [-0.2, 0) is 6.54 Å². The van der Waals surface area contributed by atoms with E-state index in [1.807, 2.05) is 17.6 Å². The second kappa shape index (κ2) is 3.90. The molecular weight excluding hydrogens is 192 g/mol. The lowest BCUT2D eigenvalue weighted by atomic mass is 10.1. The molecule has 0 aliphatic carbocycles. The maximum Gasteiger partial charge on any atom is 0.0801 e. The van der Waals surface area contributed by atoms with Crippen LogP contribution in [0.25, 0.3) is 10.4 Å². The predicted molar refractivity (Wildman–Crippen MR) is 59.9 cm³/mol. The van der Waals surface area contributed by atoms with Crippen molar-refractivity contribution < 1.29 is 0 Å². The minimum absolute atomic E-state index is 0.569. The van der Waals surface area contributed by atoms with Crippen LogP contribution < -0.4 is 5.73 Å². The molecule has 0 fully saturated rings. The third kappa shape index (κ3) is 1.69. The molecule has 0 aliphatic heterocycles. The van der Waals surface area contributed by atoms with Gasteiger partial charge in [-0.1, -0.05) is 18.2 Å². The summed E-state index contributed by atoms with van der Waals surface area (Å²) in [5.74, 6) is 0. The molecule has 0 aliphatic rings. The van der Waals surface area contributed by atoms with Gasteiger partial charge in [-0.15, -0.1) is 11.3 Å². The first kappa shape index (κ1) is 9.37. The van der Waals surface area contributed by atoms with E-state index in [1.165, 1.54) is 0 Å². The molecule has 2 rings (SSSR count). The maximum absolute atomic E-state index is 5.58. The molecule has 0 saturated carbocycles. The minimum Gasteiger partial charge on any atom is -0.326 e. The Morgan fingerprint density at radius 1 is 1.43 bits per heavy atom. The minimum atomic E-state index is 0.569. The molecule has 0 saturated heterocycles. The lowest BCUT2D eigenvalue weighted by molar-refractivity contribution is 1.07. The van der Waals surface area contributed by atoms with Gasteiger partial charge in [-0.2, -0.15) is 0 Å². The van der Waals surface area contributed by atoms with Crippen molar-refractivity contribution in [1.29, 1.82) is 0 Å². The number of nitrogens with zero attached hydrogens (tertiary/aromatic N) is 1. The molecule has 2 aromatic rings. The second-order valence-corrected chi connectivity index (χ2v) is 3.89. The first-order valence-electron chi connectivity index (χ1n) is 4.36. The Hall–Kier alpha value is -1.19. The van der Waals surface area contributed by atoms with Gasteiger partial charge in [0, 0.05) is 6.54 Å². The Bertz CT molecular complexity index is 434. The number of thiazole rings is 1. The molecule has 3 heteroatoms. The topological polar surface area (TPSA) is 38.9 Å². The molecule has 2 nitrogen and oxygen atoms in total. The number of hydrogen-bond acceptors (Lipinski definition) is 3. The van der Waals surface area contributed by atoms with E-state index in [1.54, 1.807) is 11.3 Å². The Morgan fingerprint density at radius 3 is 2.93 bits per heavy atom. The molecule has 0 amide bonds. The summed E-state index contributed by atoms with van der Waals surface area (Å²) in [6.45, 7) is 4.45. The third-order valence-electron chi connectivity index (χ3n) is 2.07. The number of hydrogen-bond donors (Lipinski definition) is 1. The fourth-order valence-electron chi connectivity index (χ4n) is 1.34. The van der Waals surface area contributed by atoms with Gasteiger partial charge in [-0.3, -0.25) is 0 Å². The quantitative estimate of drug-likeness (QED) is 0.814. The highest BCUT2D eigenvalue weighted by Gasteiger charge is 2.04. The standard InChI is InChI=1S/C11H11N2S/c1-8-11(14-7-13-8)10-4-2-3-9(5-10)6-12/h2-5,7H,1,6,12H2. The number of aromatic nitrogens is 1. The van der Waals surface area contributed by atoms with Gasteiger partial charge in [-0.05, 0) is 24.1 Å². The summed E-state index contributed by atoms with van der Waals surface area (Å²) in [6.07, 6.45) is 0. The third-order valence-corrected chi connectivity index (χ3v) is 2.98. The maximum atomic E-state index is 5.58. The second-order valence-electron chi connectivity index (χ2n) is 3.03. The van der Waals surface area contributed by atoms with Crippen molar-refractivity contribution in [3.05, 3.63) is 48.0 Å². The van der Waals surface area contributed by atoms with Gasteiger partial charge in [-0.25, -0.2) is 4.98 Å². The lowest BCUT2D eigenvalue weighted by Gasteiger charge is -2.01. The van der Waals surface area contributed by atoms with E-state index in [2.05, 4.69) is 24.0 Å². The van der Waals surface area contributed by atoms with Crippen molar-refractivity contribution >= 4 is 11.3 Å². The van der Waals surface area contributed by atoms with Crippen molar-refractivity contribution in [3.63, 3.8) is 0 Å². The summed E-state index contributed by atoms with van der Waals surface area (Å²) in [7, 11) is 0. The summed E-state index contributed by atoms with van der Waals surface area (Å²) in [5.41, 5.74) is 10.5. The van der Waals surface area contributed by atoms with Crippen LogP contribution >= 0.6 is 11.3 Å². The van der Waals surface area contributed by atoms with Crippen LogP contribution in [0.4, 0.5) is 0 Å². The monoisotopic (exact) mass is 203 g/mol. The normalized spacial score (nSPS) is 10.4. The molecular formula is C11H11N2S. The van der Waals surface area contributed by atoms with Crippen molar-refractivity contribution in [2.45, 2.75) is 6.54 Å². The average molecular weight is 203 g/mol. The van der Waals surface area contributed by atoms with E-state index in [9.17, 15) is 0 Å². The summed E-state index contributed by atoms with van der Waals surface area (Å²) in [5, 5.41) is 0. The van der Waals surface area contributed by atoms with Gasteiger partial charge < -0.3 is 5.73 Å². The zero-order valence-corrected chi connectivity index (χ0v) is 8.55. The van der Waals surface area contributed by atoms with E-state index in [0.717, 1.165) is 21.7 Å². The van der Waals surface area contributed by atoms with Crippen molar-refractivity contribution in [1.82, 2.24) is 4.98 Å². The molecule has 0 bridgehead atoms. The fourth-order valence-corrected chi connectivity index (χ4v) is 2.08. The Morgan fingerprint density at radius 2 is 2.29 bits per heavy atom. The molecule has 0 unspecified atom stereocenters. The molecule has 2 N–H and O–H groups in total. The van der Waals surface area contributed by atoms with Crippen LogP contribution in [0, 0.1) is 6.92 Å². The summed E-state index contributed by atoms with van der Waals surface area (Å²) >= 11 is 1.61. The molecule has 1 aromatic heterocycles. The van der Waals surface area contributed by atoms with Crippen LogP contribution in [0.5, 0.6) is 0 Å². The first-order valence-corrected chi connectivity index (χ1v) is 5.24. The van der Waals surface area contributed by atoms with Crippen LogP contribution in [-0.4, -0.2) is 4.98 Å². The van der Waals surface area contributed by atoms with Gasteiger partial charge in [0.1, 0.15) is 0 Å². The molecule has 1 aromatic carbocycles. The van der Waals surface area contributed by atoms with Crippen molar-refractivity contribution in [2.75, 3.05) is 0 Å². The Labute approximate surface area is 87.4 Å². The predicted octanol–water partition coefficient (Wildman–Crippen LogP) is 2.45. The van der Waals surface area contributed by atoms with Crippen molar-refractivity contribution in [3.8, 4) is 10.4 Å². The highest BCUT2D eigenvalue weighted by molar-refractivity contribution is 7.13. The summed E-state index contributed by atoms with van der Waals surface area (Å²) in [6, 6.07) is 8.17. The van der Waals surface area contributed by atoms with E-state index in [0.29, 0.717) is 6.54 Å². The largest absolute Gasteiger partial charge is 0.326 e. The van der Waals surface area contributed by atoms with Gasteiger partial charge in [0.05, 0.1) is 16.1 Å². The van der Waals surface area contributed by atoms with Crippen LogP contribution in [0.2, 0.25) is 0 Å². The smallest absolute Gasteiger partial charge is 0.0801 e. The summed E-state index contributed by atoms with van der Waals surface area (Å²) < 4.78 is 0. The summed E-state index contributed by atoms with van der Waals surface area (Å²) in [4.78, 5) is 5.25. The SMILES string of the molecule is [CH2]c1ncsc1-c1cccc(CN)c1. The van der Waals surface area contributed by atoms with Crippen LogP contribution in [0.3, 0.4) is 0 Å². The van der Waals surface area contributed by atoms with Gasteiger partial charge in [0.2, 0.25) is 0 Å². The van der Waals surface area contributed by atoms with Crippen molar-refractivity contribution in [2.24, 2.45) is 5.73 Å². The van der Waals surface area contributed by atoms with E-state index < -0.39 is 0 Å². The molecule has 0 atom stereocenters. The highest BCUT2D eigenvalue weighted by atomic mass is 32.1. The first-order chi connectivity index (χ1) is 6.81.